The number of amides is 1. The summed E-state index contributed by atoms with van der Waals surface area (Å²) in [5.74, 6) is 0.463. The number of thiophene rings is 1. The molecule has 0 aliphatic heterocycles. The molecular weight excluding hydrogens is 414 g/mol. The number of carbonyl (C=O) groups excluding carboxylic acids is 2. The molecule has 1 atom stereocenters. The highest BCUT2D eigenvalue weighted by Gasteiger charge is 2.28. The molecule has 0 fully saturated rings. The SMILES string of the molecule is O=C(CSc1ccc(Cl)cc1)Nc1ncc2c(n1)C[C@@H](c1cccs1)CC2=O. The Bertz CT molecular complexity index is 1010. The molecule has 0 spiro atoms. The van der Waals surface area contributed by atoms with Crippen molar-refractivity contribution in [2.24, 2.45) is 0 Å². The van der Waals surface area contributed by atoms with Gasteiger partial charge in [0, 0.05) is 33.3 Å². The molecule has 0 bridgehead atoms. The third kappa shape index (κ3) is 4.43. The van der Waals surface area contributed by atoms with Gasteiger partial charge in [-0.3, -0.25) is 14.9 Å². The van der Waals surface area contributed by atoms with Gasteiger partial charge in [0.2, 0.25) is 11.9 Å². The van der Waals surface area contributed by atoms with E-state index >= 15 is 0 Å². The normalized spacial score (nSPS) is 15.9. The van der Waals surface area contributed by atoms with Gasteiger partial charge in [-0.2, -0.15) is 0 Å². The summed E-state index contributed by atoms with van der Waals surface area (Å²) in [4.78, 5) is 35.4. The molecule has 1 amide bonds. The summed E-state index contributed by atoms with van der Waals surface area (Å²) in [5.41, 5.74) is 1.26. The summed E-state index contributed by atoms with van der Waals surface area (Å²) in [7, 11) is 0. The Morgan fingerprint density at radius 3 is 2.82 bits per heavy atom. The molecule has 5 nitrogen and oxygen atoms in total. The summed E-state index contributed by atoms with van der Waals surface area (Å²) < 4.78 is 0. The Balaban J connectivity index is 1.42. The average molecular weight is 430 g/mol. The molecule has 2 heterocycles. The predicted molar refractivity (Wildman–Crippen MR) is 113 cm³/mol. The largest absolute Gasteiger partial charge is 0.294 e. The van der Waals surface area contributed by atoms with Crippen molar-refractivity contribution < 1.29 is 9.59 Å². The van der Waals surface area contributed by atoms with Crippen LogP contribution in [0.3, 0.4) is 0 Å². The molecule has 142 valence electrons. The van der Waals surface area contributed by atoms with E-state index in [1.165, 1.54) is 22.8 Å². The second-order valence-electron chi connectivity index (χ2n) is 6.39. The van der Waals surface area contributed by atoms with E-state index in [0.717, 1.165) is 4.90 Å². The zero-order chi connectivity index (χ0) is 19.5. The van der Waals surface area contributed by atoms with Gasteiger partial charge in [-0.05, 0) is 42.1 Å². The van der Waals surface area contributed by atoms with Gasteiger partial charge in [-0.15, -0.1) is 23.1 Å². The van der Waals surface area contributed by atoms with Crippen LogP contribution in [0.15, 0.2) is 52.9 Å². The highest BCUT2D eigenvalue weighted by molar-refractivity contribution is 8.00. The molecule has 0 unspecified atom stereocenters. The molecular formula is C20H16ClN3O2S2. The number of rotatable bonds is 5. The number of fused-ring (bicyclic) bond motifs is 1. The number of nitrogens with zero attached hydrogens (tertiary/aromatic N) is 2. The van der Waals surface area contributed by atoms with Crippen molar-refractivity contribution in [2.45, 2.75) is 23.7 Å². The third-order valence-corrected chi connectivity index (χ3v) is 6.72. The minimum Gasteiger partial charge on any atom is -0.294 e. The molecule has 1 aromatic carbocycles. The van der Waals surface area contributed by atoms with Crippen LogP contribution in [0.4, 0.5) is 5.95 Å². The van der Waals surface area contributed by atoms with Crippen molar-refractivity contribution in [3.8, 4) is 0 Å². The Morgan fingerprint density at radius 2 is 2.07 bits per heavy atom. The van der Waals surface area contributed by atoms with Crippen LogP contribution in [-0.4, -0.2) is 27.4 Å². The van der Waals surface area contributed by atoms with E-state index in [4.69, 9.17) is 11.6 Å². The van der Waals surface area contributed by atoms with Crippen molar-refractivity contribution in [3.05, 3.63) is 69.1 Å². The van der Waals surface area contributed by atoms with Gasteiger partial charge in [0.25, 0.3) is 0 Å². The van der Waals surface area contributed by atoms with E-state index in [1.807, 2.05) is 29.6 Å². The van der Waals surface area contributed by atoms with Crippen molar-refractivity contribution in [2.75, 3.05) is 11.1 Å². The molecule has 1 aliphatic carbocycles. The van der Waals surface area contributed by atoms with Gasteiger partial charge in [0.05, 0.1) is 17.0 Å². The van der Waals surface area contributed by atoms with Crippen LogP contribution in [0.1, 0.15) is 33.3 Å². The molecule has 0 saturated carbocycles. The molecule has 0 radical (unpaired) electrons. The van der Waals surface area contributed by atoms with E-state index in [0.29, 0.717) is 29.1 Å². The van der Waals surface area contributed by atoms with E-state index in [1.54, 1.807) is 23.5 Å². The number of hydrogen-bond acceptors (Lipinski definition) is 6. The van der Waals surface area contributed by atoms with Crippen LogP contribution < -0.4 is 5.32 Å². The Kier molecular flexibility index (Phi) is 5.75. The fraction of sp³-hybridized carbons (Fsp3) is 0.200. The monoisotopic (exact) mass is 429 g/mol. The van der Waals surface area contributed by atoms with Crippen LogP contribution in [0.5, 0.6) is 0 Å². The highest BCUT2D eigenvalue weighted by atomic mass is 35.5. The molecule has 1 aliphatic rings. The first kappa shape index (κ1) is 19.1. The Morgan fingerprint density at radius 1 is 1.25 bits per heavy atom. The number of aromatic nitrogens is 2. The number of thioether (sulfide) groups is 1. The number of halogens is 1. The van der Waals surface area contributed by atoms with Crippen LogP contribution >= 0.6 is 34.7 Å². The molecule has 2 aromatic heterocycles. The molecule has 3 aromatic rings. The first-order valence-corrected chi connectivity index (χ1v) is 10.9. The van der Waals surface area contributed by atoms with Crippen LogP contribution in [-0.2, 0) is 11.2 Å². The lowest BCUT2D eigenvalue weighted by molar-refractivity contribution is -0.113. The van der Waals surface area contributed by atoms with Gasteiger partial charge >= 0.3 is 0 Å². The fourth-order valence-corrected chi connectivity index (χ4v) is 4.73. The number of nitrogens with one attached hydrogen (secondary N) is 1. The summed E-state index contributed by atoms with van der Waals surface area (Å²) in [6.07, 6.45) is 2.67. The average Bonchev–Trinajstić information content (AvgIpc) is 3.22. The van der Waals surface area contributed by atoms with Crippen molar-refractivity contribution >= 4 is 52.3 Å². The molecule has 4 rings (SSSR count). The van der Waals surface area contributed by atoms with Gasteiger partial charge in [0.1, 0.15) is 0 Å². The first-order chi connectivity index (χ1) is 13.6. The molecule has 8 heteroatoms. The maximum absolute atomic E-state index is 12.4. The zero-order valence-electron chi connectivity index (χ0n) is 14.7. The minimum absolute atomic E-state index is 0.0517. The number of carbonyl (C=O) groups is 2. The third-order valence-electron chi connectivity index (χ3n) is 4.42. The lowest BCUT2D eigenvalue weighted by Crippen LogP contribution is -2.22. The summed E-state index contributed by atoms with van der Waals surface area (Å²) in [6.45, 7) is 0. The van der Waals surface area contributed by atoms with Crippen molar-refractivity contribution in [1.82, 2.24) is 9.97 Å². The fourth-order valence-electron chi connectivity index (χ4n) is 3.07. The lowest BCUT2D eigenvalue weighted by Gasteiger charge is -2.22. The van der Waals surface area contributed by atoms with E-state index in [2.05, 4.69) is 15.3 Å². The number of benzene rings is 1. The number of anilines is 1. The summed E-state index contributed by atoms with van der Waals surface area (Å²) >= 11 is 8.92. The Hall–Kier alpha value is -2.22. The molecule has 0 saturated heterocycles. The van der Waals surface area contributed by atoms with Gasteiger partial charge in [0.15, 0.2) is 5.78 Å². The lowest BCUT2D eigenvalue weighted by atomic mass is 9.86. The van der Waals surface area contributed by atoms with Gasteiger partial charge in [-0.25, -0.2) is 9.97 Å². The Labute approximate surface area is 175 Å². The summed E-state index contributed by atoms with van der Waals surface area (Å²) in [6, 6.07) is 11.3. The van der Waals surface area contributed by atoms with E-state index in [9.17, 15) is 9.59 Å². The number of hydrogen-bond donors (Lipinski definition) is 1. The smallest absolute Gasteiger partial charge is 0.237 e. The van der Waals surface area contributed by atoms with Gasteiger partial charge < -0.3 is 0 Å². The first-order valence-electron chi connectivity index (χ1n) is 8.69. The zero-order valence-corrected chi connectivity index (χ0v) is 17.1. The maximum Gasteiger partial charge on any atom is 0.237 e. The highest BCUT2D eigenvalue weighted by Crippen LogP contribution is 2.34. The predicted octanol–water partition coefficient (Wildman–Crippen LogP) is 4.84. The summed E-state index contributed by atoms with van der Waals surface area (Å²) in [5, 5.41) is 5.39. The second-order valence-corrected chi connectivity index (χ2v) is 8.85. The van der Waals surface area contributed by atoms with Crippen molar-refractivity contribution in [3.63, 3.8) is 0 Å². The minimum atomic E-state index is -0.197. The van der Waals surface area contributed by atoms with Crippen LogP contribution in [0, 0.1) is 0 Å². The van der Waals surface area contributed by atoms with E-state index in [-0.39, 0.29) is 29.3 Å². The second kappa shape index (κ2) is 8.43. The van der Waals surface area contributed by atoms with Crippen molar-refractivity contribution in [1.29, 1.82) is 0 Å². The maximum atomic E-state index is 12.4. The molecule has 1 N–H and O–H groups in total. The quantitative estimate of drug-likeness (QED) is 0.588. The van der Waals surface area contributed by atoms with Crippen LogP contribution in [0.2, 0.25) is 5.02 Å². The number of Topliss-reactive ketones (excluding diaryl/α,β-unsaturated/α-hetero) is 1. The van der Waals surface area contributed by atoms with Crippen LogP contribution in [0.25, 0.3) is 0 Å². The molecule has 28 heavy (non-hydrogen) atoms. The van der Waals surface area contributed by atoms with Gasteiger partial charge in [-0.1, -0.05) is 17.7 Å². The topological polar surface area (TPSA) is 72.0 Å². The van der Waals surface area contributed by atoms with E-state index < -0.39 is 0 Å². The number of ketones is 1. The standard InChI is InChI=1S/C20H16ClN3O2S2/c21-13-3-5-14(6-4-13)28-11-19(26)24-20-22-10-15-16(23-20)8-12(9-17(15)25)18-2-1-7-27-18/h1-7,10,12H,8-9,11H2,(H,22,23,24,26)/t12-/m1/s1.